The molecular weight excluding hydrogens is 208 g/mol. The fourth-order valence-corrected chi connectivity index (χ4v) is 1.11. The number of ether oxygens (including phenoxy) is 2. The second-order valence-corrected chi connectivity index (χ2v) is 3.25. The second-order valence-electron chi connectivity index (χ2n) is 3.25. The maximum atomic E-state index is 10.9. The molecule has 0 aromatic heterocycles. The zero-order valence-electron chi connectivity index (χ0n) is 11.8. The quantitative estimate of drug-likeness (QED) is 0.740. The molecule has 0 bridgehead atoms. The molecule has 1 unspecified atom stereocenters. The molecule has 0 heterocycles. The van der Waals surface area contributed by atoms with Gasteiger partial charge in [-0.3, -0.25) is 4.79 Å². The molecule has 88 valence electrons. The van der Waals surface area contributed by atoms with E-state index in [-0.39, 0.29) is 6.61 Å². The summed E-state index contributed by atoms with van der Waals surface area (Å²) in [6.07, 6.45) is -1.05. The number of carbonyl (C=O) groups excluding carboxylic acids is 1. The van der Waals surface area contributed by atoms with Gasteiger partial charge in [0.05, 0.1) is 13.2 Å². The van der Waals surface area contributed by atoms with E-state index in [9.17, 15) is 9.90 Å². The largest absolute Gasteiger partial charge is 0.463 e. The summed E-state index contributed by atoms with van der Waals surface area (Å²) in [6, 6.07) is 9.37. The standard InChI is InChI=1S/C12H16O4/c1-10(13)16-9-12(14)8-15-7-11-5-3-2-4-6-11/h2-6,12,14H,7-9H2,1H3/i1D3. The molecule has 1 atom stereocenters. The predicted molar refractivity (Wildman–Crippen MR) is 58.7 cm³/mol. The van der Waals surface area contributed by atoms with Crippen LogP contribution in [0.5, 0.6) is 0 Å². The minimum Gasteiger partial charge on any atom is -0.463 e. The first-order valence-corrected chi connectivity index (χ1v) is 4.86. The van der Waals surface area contributed by atoms with E-state index < -0.39 is 25.5 Å². The van der Waals surface area contributed by atoms with Crippen LogP contribution >= 0.6 is 0 Å². The summed E-state index contributed by atoms with van der Waals surface area (Å²) >= 11 is 0. The number of hydrogen-bond donors (Lipinski definition) is 1. The van der Waals surface area contributed by atoms with Crippen molar-refractivity contribution in [2.75, 3.05) is 13.2 Å². The Kier molecular flexibility index (Phi) is 3.81. The molecule has 0 aliphatic heterocycles. The Balaban J connectivity index is 2.18. The molecule has 1 N–H and O–H groups in total. The zero-order chi connectivity index (χ0) is 14.3. The lowest BCUT2D eigenvalue weighted by Crippen LogP contribution is -2.22. The highest BCUT2D eigenvalue weighted by atomic mass is 16.5. The monoisotopic (exact) mass is 227 g/mol. The highest BCUT2D eigenvalue weighted by molar-refractivity contribution is 5.65. The highest BCUT2D eigenvalue weighted by Gasteiger charge is 2.06. The summed E-state index contributed by atoms with van der Waals surface area (Å²) in [7, 11) is 0. The third-order valence-electron chi connectivity index (χ3n) is 1.83. The summed E-state index contributed by atoms with van der Waals surface area (Å²) < 4.78 is 30.0. The maximum Gasteiger partial charge on any atom is 0.302 e. The Morgan fingerprint density at radius 3 is 2.88 bits per heavy atom. The Hall–Kier alpha value is -1.39. The van der Waals surface area contributed by atoms with Crippen LogP contribution in [0.1, 0.15) is 16.5 Å². The van der Waals surface area contributed by atoms with Crippen molar-refractivity contribution in [2.45, 2.75) is 19.6 Å². The van der Waals surface area contributed by atoms with Gasteiger partial charge in [0.25, 0.3) is 0 Å². The van der Waals surface area contributed by atoms with E-state index in [1.165, 1.54) is 0 Å². The number of esters is 1. The average Bonchev–Trinajstić information content (AvgIpc) is 2.36. The van der Waals surface area contributed by atoms with Crippen molar-refractivity contribution in [1.82, 2.24) is 0 Å². The number of rotatable bonds is 6. The van der Waals surface area contributed by atoms with E-state index in [0.717, 1.165) is 5.56 Å². The minimum atomic E-state index is -2.80. The molecular formula is C12H16O4. The van der Waals surface area contributed by atoms with Crippen molar-refractivity contribution in [3.8, 4) is 0 Å². The van der Waals surface area contributed by atoms with Gasteiger partial charge in [-0.05, 0) is 5.56 Å². The van der Waals surface area contributed by atoms with Crippen molar-refractivity contribution in [3.05, 3.63) is 35.9 Å². The van der Waals surface area contributed by atoms with Gasteiger partial charge in [0.2, 0.25) is 0 Å². The van der Waals surface area contributed by atoms with Crippen LogP contribution in [0.2, 0.25) is 0 Å². The smallest absolute Gasteiger partial charge is 0.302 e. The molecule has 0 radical (unpaired) electrons. The van der Waals surface area contributed by atoms with Gasteiger partial charge in [-0.15, -0.1) is 0 Å². The third kappa shape index (κ3) is 5.48. The fraction of sp³-hybridized carbons (Fsp3) is 0.417. The molecule has 16 heavy (non-hydrogen) atoms. The SMILES string of the molecule is [2H]C([2H])([2H])C(=O)OCC(O)COCc1ccccc1. The van der Waals surface area contributed by atoms with Crippen LogP contribution in [0.3, 0.4) is 0 Å². The first-order chi connectivity index (χ1) is 8.89. The van der Waals surface area contributed by atoms with Gasteiger partial charge in [-0.1, -0.05) is 30.3 Å². The fourth-order valence-electron chi connectivity index (χ4n) is 1.11. The number of aliphatic hydroxyl groups is 1. The van der Waals surface area contributed by atoms with E-state index in [4.69, 9.17) is 8.85 Å². The van der Waals surface area contributed by atoms with Crippen LogP contribution in [-0.4, -0.2) is 30.4 Å². The predicted octanol–water partition coefficient (Wildman–Crippen LogP) is 1.13. The van der Waals surface area contributed by atoms with Gasteiger partial charge in [0.15, 0.2) is 0 Å². The van der Waals surface area contributed by atoms with Gasteiger partial charge in [-0.2, -0.15) is 0 Å². The lowest BCUT2D eigenvalue weighted by atomic mass is 10.2. The molecule has 0 saturated carbocycles. The first-order valence-electron chi connectivity index (χ1n) is 6.36. The highest BCUT2D eigenvalue weighted by Crippen LogP contribution is 2.01. The Morgan fingerprint density at radius 1 is 1.44 bits per heavy atom. The van der Waals surface area contributed by atoms with Crippen molar-refractivity contribution < 1.29 is 23.5 Å². The van der Waals surface area contributed by atoms with Crippen LogP contribution < -0.4 is 0 Å². The van der Waals surface area contributed by atoms with E-state index >= 15 is 0 Å². The van der Waals surface area contributed by atoms with Crippen LogP contribution in [0.25, 0.3) is 0 Å². The van der Waals surface area contributed by atoms with E-state index in [1.807, 2.05) is 30.3 Å². The summed E-state index contributed by atoms with van der Waals surface area (Å²) in [4.78, 5) is 10.9. The Morgan fingerprint density at radius 2 is 2.19 bits per heavy atom. The minimum absolute atomic E-state index is 0.0385. The van der Waals surface area contributed by atoms with Gasteiger partial charge < -0.3 is 14.6 Å². The Labute approximate surface area is 99.0 Å². The normalized spacial score (nSPS) is 15.7. The number of benzene rings is 1. The summed E-state index contributed by atoms with van der Waals surface area (Å²) in [5.74, 6) is -1.32. The average molecular weight is 227 g/mol. The van der Waals surface area contributed by atoms with Crippen LogP contribution in [0.15, 0.2) is 30.3 Å². The van der Waals surface area contributed by atoms with Crippen molar-refractivity contribution in [1.29, 1.82) is 0 Å². The molecule has 0 spiro atoms. The number of carbonyl (C=O) groups is 1. The lowest BCUT2D eigenvalue weighted by molar-refractivity contribution is -0.145. The second kappa shape index (κ2) is 6.98. The number of hydrogen-bond acceptors (Lipinski definition) is 4. The van der Waals surface area contributed by atoms with Crippen molar-refractivity contribution >= 4 is 5.97 Å². The molecule has 0 aliphatic rings. The molecule has 4 heteroatoms. The lowest BCUT2D eigenvalue weighted by Gasteiger charge is -2.10. The van der Waals surface area contributed by atoms with Crippen LogP contribution in [-0.2, 0) is 20.9 Å². The van der Waals surface area contributed by atoms with E-state index in [0.29, 0.717) is 6.61 Å². The summed E-state index contributed by atoms with van der Waals surface area (Å²) in [6.45, 7) is -2.91. The van der Waals surface area contributed by atoms with Crippen LogP contribution in [0.4, 0.5) is 0 Å². The summed E-state index contributed by atoms with van der Waals surface area (Å²) in [5, 5.41) is 9.46. The molecule has 1 aromatic carbocycles. The third-order valence-corrected chi connectivity index (χ3v) is 1.83. The van der Waals surface area contributed by atoms with Crippen LogP contribution in [0, 0.1) is 0 Å². The van der Waals surface area contributed by atoms with Gasteiger partial charge in [0, 0.05) is 11.0 Å². The van der Waals surface area contributed by atoms with Gasteiger partial charge >= 0.3 is 5.97 Å². The topological polar surface area (TPSA) is 55.8 Å². The molecule has 0 aliphatic carbocycles. The molecule has 4 nitrogen and oxygen atoms in total. The first kappa shape index (κ1) is 8.73. The molecule has 1 rings (SSSR count). The van der Waals surface area contributed by atoms with E-state index in [1.54, 1.807) is 0 Å². The molecule has 0 amide bonds. The maximum absolute atomic E-state index is 10.9. The Bertz CT molecular complexity index is 392. The van der Waals surface area contributed by atoms with Crippen molar-refractivity contribution in [2.24, 2.45) is 0 Å². The number of aliphatic hydroxyl groups excluding tert-OH is 1. The zero-order valence-corrected chi connectivity index (χ0v) is 8.76. The summed E-state index contributed by atoms with van der Waals surface area (Å²) in [5.41, 5.74) is 0.953. The van der Waals surface area contributed by atoms with Gasteiger partial charge in [-0.25, -0.2) is 0 Å². The molecule has 0 fully saturated rings. The van der Waals surface area contributed by atoms with Gasteiger partial charge in [0.1, 0.15) is 12.7 Å². The molecule has 0 saturated heterocycles. The molecule has 1 aromatic rings. The van der Waals surface area contributed by atoms with E-state index in [2.05, 4.69) is 4.74 Å². The van der Waals surface area contributed by atoms with Crippen molar-refractivity contribution in [3.63, 3.8) is 0 Å².